The van der Waals surface area contributed by atoms with Crippen LogP contribution in [0.15, 0.2) is 24.3 Å². The zero-order valence-corrected chi connectivity index (χ0v) is 9.53. The van der Waals surface area contributed by atoms with Crippen LogP contribution in [-0.4, -0.2) is 16.9 Å². The summed E-state index contributed by atoms with van der Waals surface area (Å²) in [6.07, 6.45) is 0.523. The van der Waals surface area contributed by atoms with Crippen LogP contribution in [0.4, 0.5) is 0 Å². The van der Waals surface area contributed by atoms with Crippen LogP contribution in [0.5, 0.6) is 5.75 Å². The van der Waals surface area contributed by atoms with E-state index in [-0.39, 0.29) is 11.5 Å². The predicted molar refractivity (Wildman–Crippen MR) is 61.8 cm³/mol. The summed E-state index contributed by atoms with van der Waals surface area (Å²) >= 11 is 0. The van der Waals surface area contributed by atoms with Crippen LogP contribution >= 0.6 is 0 Å². The minimum Gasteiger partial charge on any atom is -0.508 e. The summed E-state index contributed by atoms with van der Waals surface area (Å²) in [5.74, 6) is 0.202. The van der Waals surface area contributed by atoms with Gasteiger partial charge in [0, 0.05) is 0 Å². The van der Waals surface area contributed by atoms with Gasteiger partial charge in [-0.3, -0.25) is 4.79 Å². The van der Waals surface area contributed by atoms with Gasteiger partial charge in [0.15, 0.2) is 0 Å². The Labute approximate surface area is 90.9 Å². The molecule has 0 aromatic heterocycles. The lowest BCUT2D eigenvalue weighted by Gasteiger charge is -2.07. The molecule has 3 N–H and O–H groups in total. The Balaban J connectivity index is 0.000000921. The van der Waals surface area contributed by atoms with Crippen molar-refractivity contribution in [1.82, 2.24) is 0 Å². The lowest BCUT2D eigenvalue weighted by Crippen LogP contribution is -2.30. The van der Waals surface area contributed by atoms with Gasteiger partial charge in [0.1, 0.15) is 11.5 Å². The van der Waals surface area contributed by atoms with Crippen molar-refractivity contribution in [3.63, 3.8) is 0 Å². The van der Waals surface area contributed by atoms with E-state index in [0.29, 0.717) is 6.42 Å². The van der Waals surface area contributed by atoms with Gasteiger partial charge in [-0.05, 0) is 31.0 Å². The van der Waals surface area contributed by atoms with Crippen molar-refractivity contribution >= 4 is 5.78 Å². The number of ketones is 1. The van der Waals surface area contributed by atoms with Gasteiger partial charge in [0.2, 0.25) is 0 Å². The Morgan fingerprint density at radius 3 is 2.20 bits per heavy atom. The highest BCUT2D eigenvalue weighted by atomic mass is 16.3. The Bertz CT molecular complexity index is 293. The molecule has 84 valence electrons. The van der Waals surface area contributed by atoms with Crippen molar-refractivity contribution in [2.24, 2.45) is 5.73 Å². The molecule has 0 bridgehead atoms. The highest BCUT2D eigenvalue weighted by molar-refractivity contribution is 5.81. The highest BCUT2D eigenvalue weighted by Crippen LogP contribution is 2.10. The van der Waals surface area contributed by atoms with E-state index in [1.165, 1.54) is 6.92 Å². The number of phenolic OH excluding ortho intramolecular Hbond substituents is 1. The van der Waals surface area contributed by atoms with E-state index in [0.717, 1.165) is 5.56 Å². The number of aromatic hydroxyl groups is 1. The SMILES string of the molecule is CC.CC(=O)[C@@H](N)Cc1ccc(O)cc1. The number of hydrogen-bond donors (Lipinski definition) is 2. The molecule has 0 aliphatic heterocycles. The topological polar surface area (TPSA) is 63.3 Å². The van der Waals surface area contributed by atoms with Crippen LogP contribution in [0, 0.1) is 0 Å². The van der Waals surface area contributed by atoms with E-state index in [2.05, 4.69) is 0 Å². The second kappa shape index (κ2) is 7.01. The van der Waals surface area contributed by atoms with Crippen LogP contribution in [0.25, 0.3) is 0 Å². The number of rotatable bonds is 3. The average molecular weight is 209 g/mol. The van der Waals surface area contributed by atoms with Gasteiger partial charge in [0.05, 0.1) is 6.04 Å². The normalized spacial score (nSPS) is 11.2. The zero-order chi connectivity index (χ0) is 11.8. The van der Waals surface area contributed by atoms with Crippen molar-refractivity contribution in [2.75, 3.05) is 0 Å². The molecule has 0 aliphatic carbocycles. The molecule has 1 aromatic carbocycles. The average Bonchev–Trinajstić information content (AvgIpc) is 2.24. The molecule has 0 fully saturated rings. The van der Waals surface area contributed by atoms with Gasteiger partial charge in [-0.2, -0.15) is 0 Å². The second-order valence-electron chi connectivity index (χ2n) is 3.09. The van der Waals surface area contributed by atoms with E-state index in [1.807, 2.05) is 13.8 Å². The molecule has 1 rings (SSSR count). The van der Waals surface area contributed by atoms with E-state index in [4.69, 9.17) is 10.8 Å². The fraction of sp³-hybridized carbons (Fsp3) is 0.417. The third kappa shape index (κ3) is 5.18. The number of carbonyl (C=O) groups is 1. The molecular formula is C12H19NO2. The van der Waals surface area contributed by atoms with Crippen LogP contribution in [0.2, 0.25) is 0 Å². The summed E-state index contributed by atoms with van der Waals surface area (Å²) in [4.78, 5) is 10.8. The molecule has 15 heavy (non-hydrogen) atoms. The number of Topliss-reactive ketones (excluding diaryl/α,β-unsaturated/α-hetero) is 1. The highest BCUT2D eigenvalue weighted by Gasteiger charge is 2.08. The Morgan fingerprint density at radius 2 is 1.80 bits per heavy atom. The molecule has 0 heterocycles. The summed E-state index contributed by atoms with van der Waals surface area (Å²) in [5, 5.41) is 9.00. The maximum atomic E-state index is 10.8. The van der Waals surface area contributed by atoms with Crippen LogP contribution in [-0.2, 0) is 11.2 Å². The van der Waals surface area contributed by atoms with Crippen molar-refractivity contribution in [3.05, 3.63) is 29.8 Å². The summed E-state index contributed by atoms with van der Waals surface area (Å²) in [5.41, 5.74) is 6.53. The lowest BCUT2D eigenvalue weighted by atomic mass is 10.0. The van der Waals surface area contributed by atoms with E-state index in [1.54, 1.807) is 24.3 Å². The maximum absolute atomic E-state index is 10.8. The first-order valence-corrected chi connectivity index (χ1v) is 5.13. The summed E-state index contributed by atoms with van der Waals surface area (Å²) in [7, 11) is 0. The van der Waals surface area contributed by atoms with Gasteiger partial charge in [0.25, 0.3) is 0 Å². The molecule has 3 nitrogen and oxygen atoms in total. The van der Waals surface area contributed by atoms with Gasteiger partial charge in [-0.1, -0.05) is 26.0 Å². The first-order chi connectivity index (χ1) is 7.09. The molecule has 0 saturated carbocycles. The minimum absolute atomic E-state index is 0.0203. The molecule has 0 saturated heterocycles. The fourth-order valence-electron chi connectivity index (χ4n) is 1.03. The van der Waals surface area contributed by atoms with E-state index < -0.39 is 6.04 Å². The summed E-state index contributed by atoms with van der Waals surface area (Å²) < 4.78 is 0. The quantitative estimate of drug-likeness (QED) is 0.799. The number of benzene rings is 1. The molecular weight excluding hydrogens is 190 g/mol. The molecule has 0 radical (unpaired) electrons. The largest absolute Gasteiger partial charge is 0.508 e. The fourth-order valence-corrected chi connectivity index (χ4v) is 1.03. The predicted octanol–water partition coefficient (Wildman–Crippen LogP) is 1.88. The number of nitrogens with two attached hydrogens (primary N) is 1. The summed E-state index contributed by atoms with van der Waals surface area (Å²) in [6.45, 7) is 5.48. The summed E-state index contributed by atoms with van der Waals surface area (Å²) in [6, 6.07) is 6.25. The third-order valence-electron chi connectivity index (χ3n) is 1.91. The molecule has 0 amide bonds. The van der Waals surface area contributed by atoms with Gasteiger partial charge >= 0.3 is 0 Å². The molecule has 1 atom stereocenters. The van der Waals surface area contributed by atoms with Gasteiger partial charge in [-0.25, -0.2) is 0 Å². The Morgan fingerprint density at radius 1 is 1.33 bits per heavy atom. The molecule has 0 spiro atoms. The van der Waals surface area contributed by atoms with Crippen molar-refractivity contribution in [3.8, 4) is 5.75 Å². The van der Waals surface area contributed by atoms with Gasteiger partial charge in [-0.15, -0.1) is 0 Å². The zero-order valence-electron chi connectivity index (χ0n) is 9.53. The first-order valence-electron chi connectivity index (χ1n) is 5.13. The molecule has 0 aliphatic rings. The van der Waals surface area contributed by atoms with Crippen molar-refractivity contribution in [2.45, 2.75) is 33.2 Å². The van der Waals surface area contributed by atoms with Crippen molar-refractivity contribution < 1.29 is 9.90 Å². The number of carbonyl (C=O) groups excluding carboxylic acids is 1. The van der Waals surface area contributed by atoms with Crippen LogP contribution in [0.3, 0.4) is 0 Å². The smallest absolute Gasteiger partial charge is 0.146 e. The standard InChI is InChI=1S/C10H13NO2.C2H6/c1-7(12)10(11)6-8-2-4-9(13)5-3-8;1-2/h2-5,10,13H,6,11H2,1H3;1-2H3/t10-;/m0./s1. The number of hydrogen-bond acceptors (Lipinski definition) is 3. The van der Waals surface area contributed by atoms with E-state index >= 15 is 0 Å². The monoisotopic (exact) mass is 209 g/mol. The second-order valence-corrected chi connectivity index (χ2v) is 3.09. The van der Waals surface area contributed by atoms with Crippen molar-refractivity contribution in [1.29, 1.82) is 0 Å². The minimum atomic E-state index is -0.440. The molecule has 0 unspecified atom stereocenters. The van der Waals surface area contributed by atoms with Crippen LogP contribution in [0.1, 0.15) is 26.3 Å². The first kappa shape index (κ1) is 13.7. The Kier molecular flexibility index (Phi) is 6.38. The maximum Gasteiger partial charge on any atom is 0.146 e. The Hall–Kier alpha value is -1.35. The van der Waals surface area contributed by atoms with E-state index in [9.17, 15) is 4.79 Å². The molecule has 3 heteroatoms. The lowest BCUT2D eigenvalue weighted by molar-refractivity contribution is -0.118. The molecule has 1 aromatic rings. The number of phenols is 1. The third-order valence-corrected chi connectivity index (χ3v) is 1.91. The van der Waals surface area contributed by atoms with Crippen LogP contribution < -0.4 is 5.73 Å². The van der Waals surface area contributed by atoms with Gasteiger partial charge < -0.3 is 10.8 Å².